The molecule has 0 radical (unpaired) electrons. The van der Waals surface area contributed by atoms with E-state index in [9.17, 15) is 9.59 Å². The third-order valence-electron chi connectivity index (χ3n) is 7.19. The fourth-order valence-corrected chi connectivity index (χ4v) is 5.19. The first-order chi connectivity index (χ1) is 17.1. The Morgan fingerprint density at radius 3 is 2.60 bits per heavy atom. The molecule has 0 spiro atoms. The highest BCUT2D eigenvalue weighted by Crippen LogP contribution is 2.35. The predicted octanol–water partition coefficient (Wildman–Crippen LogP) is 5.10. The van der Waals surface area contributed by atoms with Gasteiger partial charge in [0.05, 0.1) is 12.5 Å². The Balaban J connectivity index is 1.38. The molecular formula is C28H32N4O3. The molecule has 0 bridgehead atoms. The fraction of sp³-hybridized carbons (Fsp3) is 0.393. The van der Waals surface area contributed by atoms with Gasteiger partial charge in [-0.05, 0) is 55.0 Å². The maximum atomic E-state index is 13.6. The van der Waals surface area contributed by atoms with E-state index in [0.717, 1.165) is 43.4 Å². The van der Waals surface area contributed by atoms with Crippen molar-refractivity contribution in [2.24, 2.45) is 0 Å². The van der Waals surface area contributed by atoms with Crippen LogP contribution in [0.25, 0.3) is 21.7 Å². The lowest BCUT2D eigenvalue weighted by atomic mass is 9.89. The summed E-state index contributed by atoms with van der Waals surface area (Å²) in [5.74, 6) is 1.12. The molecule has 0 atom stereocenters. The molecule has 3 heterocycles. The molecule has 7 nitrogen and oxygen atoms in total. The molecule has 1 saturated heterocycles. The van der Waals surface area contributed by atoms with E-state index in [2.05, 4.69) is 29.3 Å². The number of unbranched alkanes of at least 4 members (excludes halogenated alkanes) is 2. The smallest absolute Gasteiger partial charge is 0.274 e. The number of likely N-dealkylation sites (tertiary alicyclic amines) is 1. The van der Waals surface area contributed by atoms with Crippen molar-refractivity contribution in [3.05, 3.63) is 70.3 Å². The van der Waals surface area contributed by atoms with Gasteiger partial charge in [0.2, 0.25) is 0 Å². The number of carbonyl (C=O) groups is 1. The summed E-state index contributed by atoms with van der Waals surface area (Å²) in [5, 5.41) is 6.95. The van der Waals surface area contributed by atoms with Crippen LogP contribution in [-0.4, -0.2) is 45.8 Å². The van der Waals surface area contributed by atoms with Crippen LogP contribution in [0.3, 0.4) is 0 Å². The minimum absolute atomic E-state index is 0.0931. The summed E-state index contributed by atoms with van der Waals surface area (Å²) < 4.78 is 6.90. The maximum absolute atomic E-state index is 13.6. The number of nitrogens with zero attached hydrogens (tertiary/aromatic N) is 3. The van der Waals surface area contributed by atoms with Crippen molar-refractivity contribution in [2.45, 2.75) is 51.5 Å². The molecule has 0 aliphatic carbocycles. The topological polar surface area (TPSA) is 80.2 Å². The minimum Gasteiger partial charge on any atom is -0.497 e. The lowest BCUT2D eigenvalue weighted by molar-refractivity contribution is 0.0706. The molecule has 0 saturated carbocycles. The van der Waals surface area contributed by atoms with E-state index in [0.29, 0.717) is 42.0 Å². The Labute approximate surface area is 204 Å². The Morgan fingerprint density at radius 2 is 1.86 bits per heavy atom. The molecule has 5 rings (SSSR count). The molecule has 1 N–H and O–H groups in total. The number of aryl methyl sites for hydroxylation is 1. The van der Waals surface area contributed by atoms with Crippen LogP contribution in [0.2, 0.25) is 0 Å². The van der Waals surface area contributed by atoms with E-state index >= 15 is 0 Å². The first-order valence-electron chi connectivity index (χ1n) is 12.5. The molecule has 35 heavy (non-hydrogen) atoms. The number of H-pyrrole nitrogens is 1. The Hall–Kier alpha value is -3.61. The molecule has 7 heteroatoms. The largest absolute Gasteiger partial charge is 0.497 e. The number of aromatic amines is 1. The molecule has 182 valence electrons. The van der Waals surface area contributed by atoms with Gasteiger partial charge in [0, 0.05) is 42.1 Å². The van der Waals surface area contributed by atoms with Crippen molar-refractivity contribution >= 4 is 27.6 Å². The highest BCUT2D eigenvalue weighted by atomic mass is 16.5. The van der Waals surface area contributed by atoms with Gasteiger partial charge in [0.15, 0.2) is 5.69 Å². The first kappa shape index (κ1) is 23.1. The lowest BCUT2D eigenvalue weighted by Gasteiger charge is -2.32. The van der Waals surface area contributed by atoms with Crippen molar-refractivity contribution < 1.29 is 9.53 Å². The van der Waals surface area contributed by atoms with Crippen molar-refractivity contribution in [3.8, 4) is 5.75 Å². The maximum Gasteiger partial charge on any atom is 0.274 e. The number of amides is 1. The summed E-state index contributed by atoms with van der Waals surface area (Å²) in [6.45, 7) is 3.97. The second-order valence-corrected chi connectivity index (χ2v) is 9.35. The van der Waals surface area contributed by atoms with Gasteiger partial charge in [-0.1, -0.05) is 38.0 Å². The quantitative estimate of drug-likeness (QED) is 0.380. The zero-order valence-electron chi connectivity index (χ0n) is 20.4. The Kier molecular flexibility index (Phi) is 6.57. The van der Waals surface area contributed by atoms with Crippen LogP contribution in [0.15, 0.2) is 53.5 Å². The van der Waals surface area contributed by atoms with E-state index in [1.807, 2.05) is 35.2 Å². The van der Waals surface area contributed by atoms with E-state index in [-0.39, 0.29) is 11.5 Å². The second-order valence-electron chi connectivity index (χ2n) is 9.35. The average molecular weight is 473 g/mol. The molecule has 0 unspecified atom stereocenters. The first-order valence-corrected chi connectivity index (χ1v) is 12.5. The van der Waals surface area contributed by atoms with Gasteiger partial charge < -0.3 is 14.6 Å². The molecular weight excluding hydrogens is 440 g/mol. The molecule has 1 aliphatic rings. The summed E-state index contributed by atoms with van der Waals surface area (Å²) in [6.07, 6.45) is 6.81. The van der Waals surface area contributed by atoms with Crippen LogP contribution in [0.5, 0.6) is 5.75 Å². The van der Waals surface area contributed by atoms with Gasteiger partial charge in [-0.2, -0.15) is 5.10 Å². The van der Waals surface area contributed by atoms with Gasteiger partial charge >= 0.3 is 0 Å². The van der Waals surface area contributed by atoms with Crippen LogP contribution >= 0.6 is 0 Å². The standard InChI is InChI=1S/C28H32N4O3/c1-3-4-7-14-32-27(33)22-9-6-5-8-21(22)26(30-32)28(34)31-15-12-19(13-16-31)24-18-29-25-11-10-20(35-2)17-23(24)25/h5-6,8-11,17-19,29H,3-4,7,12-16H2,1-2H3. The monoisotopic (exact) mass is 472 g/mol. The van der Waals surface area contributed by atoms with E-state index in [1.54, 1.807) is 13.2 Å². The van der Waals surface area contributed by atoms with Crippen LogP contribution in [0.1, 0.15) is 61.0 Å². The Morgan fingerprint density at radius 1 is 1.09 bits per heavy atom. The van der Waals surface area contributed by atoms with Crippen LogP contribution in [0, 0.1) is 0 Å². The third kappa shape index (κ3) is 4.43. The number of aromatic nitrogens is 3. The van der Waals surface area contributed by atoms with E-state index in [1.165, 1.54) is 15.6 Å². The number of methoxy groups -OCH3 is 1. The average Bonchev–Trinajstić information content (AvgIpc) is 3.33. The predicted molar refractivity (Wildman–Crippen MR) is 138 cm³/mol. The molecule has 2 aromatic carbocycles. The number of carbonyl (C=O) groups excluding carboxylic acids is 1. The number of ether oxygens (including phenoxy) is 1. The zero-order valence-corrected chi connectivity index (χ0v) is 20.4. The SMILES string of the molecule is CCCCCn1nc(C(=O)N2CCC(c3c[nH]c4ccc(OC)cc34)CC2)c2ccccc2c1=O. The summed E-state index contributed by atoms with van der Waals surface area (Å²) >= 11 is 0. The summed E-state index contributed by atoms with van der Waals surface area (Å²) in [5.41, 5.74) is 2.63. The van der Waals surface area contributed by atoms with Crippen LogP contribution < -0.4 is 10.3 Å². The summed E-state index contributed by atoms with van der Waals surface area (Å²) in [4.78, 5) is 31.8. The van der Waals surface area contributed by atoms with E-state index in [4.69, 9.17) is 4.74 Å². The number of nitrogens with one attached hydrogen (secondary N) is 1. The normalized spacial score (nSPS) is 14.6. The zero-order chi connectivity index (χ0) is 24.4. The number of hydrogen-bond acceptors (Lipinski definition) is 4. The number of rotatable bonds is 7. The minimum atomic E-state index is -0.123. The van der Waals surface area contributed by atoms with Gasteiger partial charge in [0.1, 0.15) is 5.75 Å². The number of fused-ring (bicyclic) bond motifs is 2. The van der Waals surface area contributed by atoms with Gasteiger partial charge in [0.25, 0.3) is 11.5 Å². The van der Waals surface area contributed by atoms with Crippen molar-refractivity contribution in [2.75, 3.05) is 20.2 Å². The van der Waals surface area contributed by atoms with Gasteiger partial charge in [-0.25, -0.2) is 4.68 Å². The third-order valence-corrected chi connectivity index (χ3v) is 7.19. The number of benzene rings is 2. The van der Waals surface area contributed by atoms with Crippen molar-refractivity contribution in [1.82, 2.24) is 19.7 Å². The Bertz CT molecular complexity index is 1410. The van der Waals surface area contributed by atoms with Crippen molar-refractivity contribution in [3.63, 3.8) is 0 Å². The molecule has 2 aromatic heterocycles. The van der Waals surface area contributed by atoms with Gasteiger partial charge in [-0.3, -0.25) is 9.59 Å². The lowest BCUT2D eigenvalue weighted by Crippen LogP contribution is -2.39. The molecule has 1 aliphatic heterocycles. The highest BCUT2D eigenvalue weighted by Gasteiger charge is 2.28. The van der Waals surface area contributed by atoms with Crippen LogP contribution in [-0.2, 0) is 6.54 Å². The highest BCUT2D eigenvalue weighted by molar-refractivity contribution is 6.04. The van der Waals surface area contributed by atoms with E-state index < -0.39 is 0 Å². The van der Waals surface area contributed by atoms with Gasteiger partial charge in [-0.15, -0.1) is 0 Å². The fourth-order valence-electron chi connectivity index (χ4n) is 5.19. The number of piperidine rings is 1. The summed E-state index contributed by atoms with van der Waals surface area (Å²) in [7, 11) is 1.68. The second kappa shape index (κ2) is 9.94. The van der Waals surface area contributed by atoms with Crippen molar-refractivity contribution in [1.29, 1.82) is 0 Å². The molecule has 1 amide bonds. The molecule has 1 fully saturated rings. The number of hydrogen-bond donors (Lipinski definition) is 1. The molecule has 4 aromatic rings. The van der Waals surface area contributed by atoms with Crippen LogP contribution in [0.4, 0.5) is 0 Å². The summed E-state index contributed by atoms with van der Waals surface area (Å²) in [6, 6.07) is 13.4.